The molecule has 0 radical (unpaired) electrons. The van der Waals surface area contributed by atoms with E-state index in [0.29, 0.717) is 28.9 Å². The van der Waals surface area contributed by atoms with Crippen LogP contribution in [0.2, 0.25) is 5.02 Å². The maximum Gasteiger partial charge on any atom is 0.338 e. The first kappa shape index (κ1) is 20.7. The van der Waals surface area contributed by atoms with Gasteiger partial charge in [-0.1, -0.05) is 30.2 Å². The van der Waals surface area contributed by atoms with Crippen molar-refractivity contribution in [1.29, 1.82) is 0 Å². The molecule has 0 aliphatic carbocycles. The first-order valence-corrected chi connectivity index (χ1v) is 10.2. The third-order valence-corrected chi connectivity index (χ3v) is 5.78. The van der Waals surface area contributed by atoms with Gasteiger partial charge in [-0.2, -0.15) is 0 Å². The number of urea groups is 1. The number of hydrogen-bond donors (Lipinski definition) is 1. The number of hydrogen-bond acceptors (Lipinski definition) is 4. The molecule has 0 aromatic heterocycles. The number of carbonyl (C=O) groups is 2. The van der Waals surface area contributed by atoms with E-state index in [-0.39, 0.29) is 12.6 Å². The molecule has 3 rings (SSSR count). The van der Waals surface area contributed by atoms with Crippen LogP contribution in [0.4, 0.5) is 4.79 Å². The molecule has 1 aromatic carbocycles. The van der Waals surface area contributed by atoms with E-state index < -0.39 is 12.0 Å². The number of nitrogens with one attached hydrogen (secondary N) is 1. The van der Waals surface area contributed by atoms with Gasteiger partial charge in [-0.25, -0.2) is 9.59 Å². The number of piperidine rings is 1. The predicted molar refractivity (Wildman–Crippen MR) is 109 cm³/mol. The number of rotatable bonds is 5. The predicted octanol–water partition coefficient (Wildman–Crippen LogP) is 3.73. The van der Waals surface area contributed by atoms with Crippen LogP contribution in [-0.2, 0) is 9.53 Å². The first-order chi connectivity index (χ1) is 13.4. The number of ether oxygens (including phenoxy) is 1. The zero-order valence-corrected chi connectivity index (χ0v) is 17.5. The Labute approximate surface area is 171 Å². The summed E-state index contributed by atoms with van der Waals surface area (Å²) < 4.78 is 5.37. The van der Waals surface area contributed by atoms with Crippen molar-refractivity contribution >= 4 is 23.6 Å². The van der Waals surface area contributed by atoms with Gasteiger partial charge in [-0.05, 0) is 50.9 Å². The van der Waals surface area contributed by atoms with Crippen LogP contribution >= 0.6 is 11.6 Å². The Hall–Kier alpha value is -2.05. The molecule has 28 heavy (non-hydrogen) atoms. The highest BCUT2D eigenvalue weighted by molar-refractivity contribution is 6.30. The molecule has 0 unspecified atom stereocenters. The molecule has 0 saturated carbocycles. The number of carbonyl (C=O) groups excluding carboxylic acids is 2. The Morgan fingerprint density at radius 3 is 2.82 bits per heavy atom. The summed E-state index contributed by atoms with van der Waals surface area (Å²) in [5.41, 5.74) is 1.94. The molecule has 0 spiro atoms. The smallest absolute Gasteiger partial charge is 0.338 e. The van der Waals surface area contributed by atoms with Crippen molar-refractivity contribution in [3.63, 3.8) is 0 Å². The standard InChI is InChI=1S/C21H28ClN3O3/c1-4-28-20(26)18-17(13-25-11-6-5-8-14(25)2)24(3)21(27)23-19(18)15-9-7-10-16(22)12-15/h7,9-10,12,14,19H,4-6,8,11,13H2,1-3H3,(H,23,27)/t14-,19-/m1/s1. The van der Waals surface area contributed by atoms with Crippen molar-refractivity contribution < 1.29 is 14.3 Å². The van der Waals surface area contributed by atoms with Crippen LogP contribution in [0.1, 0.15) is 44.7 Å². The van der Waals surface area contributed by atoms with Gasteiger partial charge in [0.2, 0.25) is 0 Å². The summed E-state index contributed by atoms with van der Waals surface area (Å²) in [6.45, 7) is 5.75. The van der Waals surface area contributed by atoms with Gasteiger partial charge < -0.3 is 10.1 Å². The van der Waals surface area contributed by atoms with Crippen molar-refractivity contribution in [1.82, 2.24) is 15.1 Å². The first-order valence-electron chi connectivity index (χ1n) is 9.86. The lowest BCUT2D eigenvalue weighted by Crippen LogP contribution is -2.50. The second-order valence-corrected chi connectivity index (χ2v) is 7.83. The molecule has 1 N–H and O–H groups in total. The fraction of sp³-hybridized carbons (Fsp3) is 0.524. The second-order valence-electron chi connectivity index (χ2n) is 7.39. The maximum absolute atomic E-state index is 12.9. The summed E-state index contributed by atoms with van der Waals surface area (Å²) >= 11 is 6.17. The molecule has 2 aliphatic rings. The monoisotopic (exact) mass is 405 g/mol. The van der Waals surface area contributed by atoms with E-state index in [1.54, 1.807) is 26.1 Å². The van der Waals surface area contributed by atoms with Crippen LogP contribution in [0.5, 0.6) is 0 Å². The maximum atomic E-state index is 12.9. The quantitative estimate of drug-likeness (QED) is 0.758. The minimum atomic E-state index is -0.587. The fourth-order valence-corrected chi connectivity index (χ4v) is 4.12. The average molecular weight is 406 g/mol. The van der Waals surface area contributed by atoms with Crippen LogP contribution in [0, 0.1) is 0 Å². The molecule has 2 aliphatic heterocycles. The Morgan fingerprint density at radius 2 is 2.14 bits per heavy atom. The van der Waals surface area contributed by atoms with Crippen molar-refractivity contribution in [3.8, 4) is 0 Å². The third-order valence-electron chi connectivity index (χ3n) is 5.55. The van der Waals surface area contributed by atoms with Crippen LogP contribution in [0.3, 0.4) is 0 Å². The fourth-order valence-electron chi connectivity index (χ4n) is 3.92. The van der Waals surface area contributed by atoms with Crippen molar-refractivity contribution in [2.75, 3.05) is 26.7 Å². The highest BCUT2D eigenvalue weighted by Gasteiger charge is 2.38. The van der Waals surface area contributed by atoms with Crippen LogP contribution < -0.4 is 5.32 Å². The molecule has 0 bridgehead atoms. The highest BCUT2D eigenvalue weighted by atomic mass is 35.5. The molecular formula is C21H28ClN3O3. The van der Waals surface area contributed by atoms with Crippen LogP contribution in [-0.4, -0.2) is 54.6 Å². The number of halogens is 1. The van der Waals surface area contributed by atoms with Crippen LogP contribution in [0.25, 0.3) is 0 Å². The van der Waals surface area contributed by atoms with E-state index in [1.807, 2.05) is 12.1 Å². The van der Waals surface area contributed by atoms with E-state index in [2.05, 4.69) is 17.1 Å². The van der Waals surface area contributed by atoms with E-state index in [4.69, 9.17) is 16.3 Å². The van der Waals surface area contributed by atoms with Crippen molar-refractivity contribution in [3.05, 3.63) is 46.1 Å². The largest absolute Gasteiger partial charge is 0.463 e. The van der Waals surface area contributed by atoms with E-state index in [9.17, 15) is 9.59 Å². The average Bonchev–Trinajstić information content (AvgIpc) is 2.67. The minimum absolute atomic E-state index is 0.238. The summed E-state index contributed by atoms with van der Waals surface area (Å²) in [6.07, 6.45) is 3.46. The summed E-state index contributed by atoms with van der Waals surface area (Å²) in [5.74, 6) is -0.404. The summed E-state index contributed by atoms with van der Waals surface area (Å²) in [5, 5.41) is 3.48. The zero-order valence-electron chi connectivity index (χ0n) is 16.7. The summed E-state index contributed by atoms with van der Waals surface area (Å²) in [4.78, 5) is 29.5. The molecule has 2 amide bonds. The molecule has 1 aromatic rings. The van der Waals surface area contributed by atoms with Crippen molar-refractivity contribution in [2.45, 2.75) is 45.2 Å². The van der Waals surface area contributed by atoms with E-state index >= 15 is 0 Å². The molecular weight excluding hydrogens is 378 g/mol. The van der Waals surface area contributed by atoms with Gasteiger partial charge in [0.1, 0.15) is 0 Å². The minimum Gasteiger partial charge on any atom is -0.463 e. The van der Waals surface area contributed by atoms with Gasteiger partial charge in [0.15, 0.2) is 0 Å². The van der Waals surface area contributed by atoms with E-state index in [1.165, 1.54) is 11.3 Å². The third kappa shape index (κ3) is 4.33. The van der Waals surface area contributed by atoms with Gasteiger partial charge in [-0.15, -0.1) is 0 Å². The zero-order chi connectivity index (χ0) is 20.3. The molecule has 152 valence electrons. The summed E-state index contributed by atoms with van der Waals surface area (Å²) in [7, 11) is 1.70. The van der Waals surface area contributed by atoms with Crippen LogP contribution in [0.15, 0.2) is 35.5 Å². The second kappa shape index (κ2) is 8.97. The SMILES string of the molecule is CCOC(=O)C1=C(CN2CCCC[C@H]2C)N(C)C(=O)N[C@@H]1c1cccc(Cl)c1. The Bertz CT molecular complexity index is 780. The topological polar surface area (TPSA) is 61.9 Å². The van der Waals surface area contributed by atoms with Gasteiger partial charge in [0, 0.05) is 30.4 Å². The molecule has 1 fully saturated rings. The molecule has 6 nitrogen and oxygen atoms in total. The molecule has 2 heterocycles. The number of esters is 1. The number of nitrogens with zero attached hydrogens (tertiary/aromatic N) is 2. The Kier molecular flexibility index (Phi) is 6.62. The highest BCUT2D eigenvalue weighted by Crippen LogP contribution is 2.33. The number of likely N-dealkylation sites (N-methyl/N-ethyl adjacent to an activating group) is 1. The number of benzene rings is 1. The molecule has 1 saturated heterocycles. The number of amides is 2. The number of likely N-dealkylation sites (tertiary alicyclic amines) is 1. The lowest BCUT2D eigenvalue weighted by Gasteiger charge is -2.39. The van der Waals surface area contributed by atoms with Crippen molar-refractivity contribution in [2.24, 2.45) is 0 Å². The molecule has 2 atom stereocenters. The van der Waals surface area contributed by atoms with Gasteiger partial charge in [0.05, 0.1) is 18.2 Å². The van der Waals surface area contributed by atoms with Gasteiger partial charge in [0.25, 0.3) is 0 Å². The molecule has 7 heteroatoms. The van der Waals surface area contributed by atoms with Gasteiger partial charge in [-0.3, -0.25) is 9.80 Å². The lowest BCUT2D eigenvalue weighted by molar-refractivity contribution is -0.139. The van der Waals surface area contributed by atoms with Gasteiger partial charge >= 0.3 is 12.0 Å². The lowest BCUT2D eigenvalue weighted by atomic mass is 9.93. The Morgan fingerprint density at radius 1 is 1.36 bits per heavy atom. The summed E-state index contributed by atoms with van der Waals surface area (Å²) in [6, 6.07) is 6.81. The van der Waals surface area contributed by atoms with E-state index in [0.717, 1.165) is 24.9 Å². The normalized spacial score (nSPS) is 23.6. The Balaban J connectivity index is 2.06.